The number of nitrogens with one attached hydrogen (secondary N) is 1. The lowest BCUT2D eigenvalue weighted by Gasteiger charge is -2.22. The predicted molar refractivity (Wildman–Crippen MR) is 101 cm³/mol. The number of anilines is 2. The van der Waals surface area contributed by atoms with Crippen LogP contribution in [0.4, 0.5) is 11.4 Å². The van der Waals surface area contributed by atoms with Crippen molar-refractivity contribution < 1.29 is 13.6 Å². The van der Waals surface area contributed by atoms with Crippen LogP contribution in [-0.4, -0.2) is 20.8 Å². The van der Waals surface area contributed by atoms with Crippen LogP contribution in [0, 0.1) is 0 Å². The largest absolute Gasteiger partial charge is 0.459 e. The summed E-state index contributed by atoms with van der Waals surface area (Å²) >= 11 is 0. The van der Waals surface area contributed by atoms with Crippen LogP contribution in [0.5, 0.6) is 0 Å². The number of hydrogen-bond acceptors (Lipinski definition) is 6. The Kier molecular flexibility index (Phi) is 3.90. The highest BCUT2D eigenvalue weighted by molar-refractivity contribution is 5.92. The van der Waals surface area contributed by atoms with Gasteiger partial charge >= 0.3 is 0 Å². The zero-order chi connectivity index (χ0) is 18.9. The van der Waals surface area contributed by atoms with Crippen molar-refractivity contribution in [2.45, 2.75) is 12.6 Å². The Hall–Kier alpha value is -3.87. The molecule has 7 heteroatoms. The van der Waals surface area contributed by atoms with Crippen LogP contribution < -0.4 is 5.32 Å². The van der Waals surface area contributed by atoms with Crippen LogP contribution in [0.2, 0.25) is 0 Å². The highest BCUT2D eigenvalue weighted by Crippen LogP contribution is 2.40. The van der Waals surface area contributed by atoms with Crippen LogP contribution in [0.15, 0.2) is 82.5 Å². The Bertz CT molecular complexity index is 1090. The second-order valence-corrected chi connectivity index (χ2v) is 6.50. The minimum absolute atomic E-state index is 0.190. The topological polar surface area (TPSA) is 84.4 Å². The third kappa shape index (κ3) is 2.83. The average Bonchev–Trinajstić information content (AvgIpc) is 3.47. The molecule has 0 saturated heterocycles. The number of aromatic nitrogens is 2. The van der Waals surface area contributed by atoms with Gasteiger partial charge in [-0.15, -0.1) is 0 Å². The molecule has 0 radical (unpaired) electrons. The Balaban J connectivity index is 1.51. The molecular weight excluding hydrogens is 356 g/mol. The van der Waals surface area contributed by atoms with E-state index in [9.17, 15) is 4.79 Å². The molecule has 1 aliphatic heterocycles. The van der Waals surface area contributed by atoms with Gasteiger partial charge in [0, 0.05) is 18.4 Å². The molecule has 1 aliphatic rings. The molecule has 3 aromatic heterocycles. The van der Waals surface area contributed by atoms with Crippen molar-refractivity contribution in [3.63, 3.8) is 0 Å². The van der Waals surface area contributed by atoms with Crippen molar-refractivity contribution in [2.24, 2.45) is 0 Å². The lowest BCUT2D eigenvalue weighted by molar-refractivity contribution is 0.0671. The molecule has 0 aliphatic carbocycles. The summed E-state index contributed by atoms with van der Waals surface area (Å²) in [4.78, 5) is 22.9. The van der Waals surface area contributed by atoms with Gasteiger partial charge < -0.3 is 19.1 Å². The molecule has 1 N–H and O–H groups in total. The third-order valence-corrected chi connectivity index (χ3v) is 4.75. The van der Waals surface area contributed by atoms with Gasteiger partial charge in [-0.2, -0.15) is 0 Å². The smallest absolute Gasteiger partial charge is 0.290 e. The van der Waals surface area contributed by atoms with Gasteiger partial charge in [0.15, 0.2) is 17.9 Å². The lowest BCUT2D eigenvalue weighted by Crippen LogP contribution is -2.29. The summed E-state index contributed by atoms with van der Waals surface area (Å²) in [6.07, 6.45) is 8.01. The molecule has 4 heterocycles. The summed E-state index contributed by atoms with van der Waals surface area (Å²) in [6, 6.07) is 12.9. The van der Waals surface area contributed by atoms with E-state index >= 15 is 0 Å². The molecule has 7 nitrogen and oxygen atoms in total. The molecule has 0 bridgehead atoms. The number of carbonyl (C=O) groups excluding carboxylic acids is 1. The lowest BCUT2D eigenvalue weighted by atomic mass is 10.0. The van der Waals surface area contributed by atoms with Gasteiger partial charge in [-0.05, 0) is 47.5 Å². The van der Waals surface area contributed by atoms with E-state index in [-0.39, 0.29) is 11.9 Å². The Morgan fingerprint density at radius 1 is 1.07 bits per heavy atom. The van der Waals surface area contributed by atoms with Crippen molar-refractivity contribution >= 4 is 17.3 Å². The SMILES string of the molecule is O=C(c1ccco1)N1Cc2cc(Nc3cccnc3)ccc2C1c1cnco1. The van der Waals surface area contributed by atoms with Gasteiger partial charge in [0.05, 0.1) is 24.3 Å². The van der Waals surface area contributed by atoms with Gasteiger partial charge in [-0.25, -0.2) is 4.98 Å². The van der Waals surface area contributed by atoms with Crippen LogP contribution in [0.1, 0.15) is 33.5 Å². The number of pyridine rings is 1. The molecule has 1 atom stereocenters. The van der Waals surface area contributed by atoms with Gasteiger partial charge in [0.1, 0.15) is 6.04 Å². The standard InChI is InChI=1S/C21H16N4O3/c26-21(18-4-2-8-27-18)25-12-14-9-15(24-16-3-1-7-22-10-16)5-6-17(14)20(25)19-11-23-13-28-19/h1-11,13,20,24H,12H2. The Morgan fingerprint density at radius 3 is 2.79 bits per heavy atom. The van der Waals surface area contributed by atoms with Gasteiger partial charge in [-0.1, -0.05) is 6.07 Å². The van der Waals surface area contributed by atoms with Crippen LogP contribution in [0.3, 0.4) is 0 Å². The van der Waals surface area contributed by atoms with Crippen LogP contribution in [0.25, 0.3) is 0 Å². The number of oxazole rings is 1. The van der Waals surface area contributed by atoms with E-state index in [0.717, 1.165) is 22.5 Å². The maximum Gasteiger partial charge on any atom is 0.290 e. The fourth-order valence-electron chi connectivity index (χ4n) is 3.53. The van der Waals surface area contributed by atoms with E-state index in [1.54, 1.807) is 35.6 Å². The number of carbonyl (C=O) groups is 1. The summed E-state index contributed by atoms with van der Waals surface area (Å²) in [7, 11) is 0. The van der Waals surface area contributed by atoms with Crippen molar-refractivity contribution in [1.82, 2.24) is 14.9 Å². The normalized spacial score (nSPS) is 15.4. The molecule has 1 aromatic carbocycles. The van der Waals surface area contributed by atoms with Crippen molar-refractivity contribution in [3.8, 4) is 0 Å². The maximum atomic E-state index is 13.0. The van der Waals surface area contributed by atoms with Crippen molar-refractivity contribution in [1.29, 1.82) is 0 Å². The first-order chi connectivity index (χ1) is 13.8. The van der Waals surface area contributed by atoms with E-state index in [1.807, 2.05) is 30.3 Å². The molecule has 28 heavy (non-hydrogen) atoms. The van der Waals surface area contributed by atoms with E-state index in [1.165, 1.54) is 12.7 Å². The summed E-state index contributed by atoms with van der Waals surface area (Å²) < 4.78 is 10.9. The van der Waals surface area contributed by atoms with Gasteiger partial charge in [0.2, 0.25) is 0 Å². The second-order valence-electron chi connectivity index (χ2n) is 6.50. The zero-order valence-corrected chi connectivity index (χ0v) is 14.8. The molecule has 5 rings (SSSR count). The Labute approximate surface area is 160 Å². The first kappa shape index (κ1) is 16.3. The minimum atomic E-state index is -0.345. The fraction of sp³-hybridized carbons (Fsp3) is 0.0952. The third-order valence-electron chi connectivity index (χ3n) is 4.75. The summed E-state index contributed by atoms with van der Waals surface area (Å²) in [5, 5.41) is 3.33. The molecule has 0 saturated carbocycles. The number of nitrogens with zero attached hydrogens (tertiary/aromatic N) is 3. The second kappa shape index (κ2) is 6.70. The van der Waals surface area contributed by atoms with Crippen LogP contribution in [-0.2, 0) is 6.54 Å². The summed E-state index contributed by atoms with van der Waals surface area (Å²) in [6.45, 7) is 0.447. The van der Waals surface area contributed by atoms with Crippen LogP contribution >= 0.6 is 0 Å². The average molecular weight is 372 g/mol. The molecule has 0 fully saturated rings. The summed E-state index contributed by atoms with van der Waals surface area (Å²) in [5.41, 5.74) is 3.87. The van der Waals surface area contributed by atoms with E-state index in [2.05, 4.69) is 15.3 Å². The first-order valence-electron chi connectivity index (χ1n) is 8.82. The monoisotopic (exact) mass is 372 g/mol. The number of benzene rings is 1. The molecule has 1 amide bonds. The highest BCUT2D eigenvalue weighted by atomic mass is 16.3. The number of fused-ring (bicyclic) bond motifs is 1. The van der Waals surface area contributed by atoms with E-state index < -0.39 is 0 Å². The maximum absolute atomic E-state index is 13.0. The first-order valence-corrected chi connectivity index (χ1v) is 8.82. The van der Waals surface area contributed by atoms with Gasteiger partial charge in [-0.3, -0.25) is 9.78 Å². The Morgan fingerprint density at radius 2 is 2.04 bits per heavy atom. The molecule has 138 valence electrons. The molecule has 4 aromatic rings. The number of furan rings is 1. The fourth-order valence-corrected chi connectivity index (χ4v) is 3.53. The molecule has 1 unspecified atom stereocenters. The molecular formula is C21H16N4O3. The van der Waals surface area contributed by atoms with Gasteiger partial charge in [0.25, 0.3) is 5.91 Å². The van der Waals surface area contributed by atoms with E-state index in [0.29, 0.717) is 18.1 Å². The van der Waals surface area contributed by atoms with Crippen molar-refractivity contribution in [2.75, 3.05) is 5.32 Å². The number of rotatable bonds is 4. The number of hydrogen-bond donors (Lipinski definition) is 1. The highest BCUT2D eigenvalue weighted by Gasteiger charge is 2.38. The number of amides is 1. The van der Waals surface area contributed by atoms with E-state index in [4.69, 9.17) is 8.83 Å². The molecule has 0 spiro atoms. The quantitative estimate of drug-likeness (QED) is 0.579. The summed E-state index contributed by atoms with van der Waals surface area (Å²) in [5.74, 6) is 0.724. The minimum Gasteiger partial charge on any atom is -0.459 e. The zero-order valence-electron chi connectivity index (χ0n) is 14.8. The predicted octanol–water partition coefficient (Wildman–Crippen LogP) is 4.15. The van der Waals surface area contributed by atoms with Crippen molar-refractivity contribution in [3.05, 3.63) is 96.4 Å².